The van der Waals surface area contributed by atoms with Crippen molar-refractivity contribution in [3.05, 3.63) is 59.7 Å². The van der Waals surface area contributed by atoms with Crippen LogP contribution in [-0.4, -0.2) is 9.97 Å². The summed E-state index contributed by atoms with van der Waals surface area (Å²) < 4.78 is 0. The lowest BCUT2D eigenvalue weighted by Gasteiger charge is -2.08. The summed E-state index contributed by atoms with van der Waals surface area (Å²) in [4.78, 5) is 8.65. The fourth-order valence-electron chi connectivity index (χ4n) is 1.61. The molecule has 1 atom stereocenters. The van der Waals surface area contributed by atoms with Crippen molar-refractivity contribution in [2.75, 3.05) is 0 Å². The molecule has 0 aliphatic heterocycles. The third-order valence-electron chi connectivity index (χ3n) is 2.36. The standard InChI is InChI=1S/C13H13BrN2/c1-10-4-2-5-11(8-10)9-12(14)13-15-6-3-7-16-13/h2-8,12H,9H2,1H3. The maximum Gasteiger partial charge on any atom is 0.142 e. The zero-order chi connectivity index (χ0) is 11.4. The Bertz CT molecular complexity index is 456. The lowest BCUT2D eigenvalue weighted by Crippen LogP contribution is -2.00. The smallest absolute Gasteiger partial charge is 0.142 e. The minimum absolute atomic E-state index is 0.176. The summed E-state index contributed by atoms with van der Waals surface area (Å²) in [6.07, 6.45) is 4.45. The van der Waals surface area contributed by atoms with Crippen LogP contribution >= 0.6 is 15.9 Å². The summed E-state index contributed by atoms with van der Waals surface area (Å²) in [5, 5.41) is 0. The van der Waals surface area contributed by atoms with Gasteiger partial charge in [0.2, 0.25) is 0 Å². The van der Waals surface area contributed by atoms with Gasteiger partial charge >= 0.3 is 0 Å². The molecule has 1 unspecified atom stereocenters. The van der Waals surface area contributed by atoms with Crippen LogP contribution in [0.4, 0.5) is 0 Å². The van der Waals surface area contributed by atoms with Crippen LogP contribution in [0, 0.1) is 6.92 Å². The molecule has 82 valence electrons. The van der Waals surface area contributed by atoms with Crippen LogP contribution in [0.5, 0.6) is 0 Å². The summed E-state index contributed by atoms with van der Waals surface area (Å²) in [5.41, 5.74) is 2.58. The Morgan fingerprint density at radius 2 is 1.94 bits per heavy atom. The van der Waals surface area contributed by atoms with Gasteiger partial charge in [-0.1, -0.05) is 45.8 Å². The first kappa shape index (κ1) is 11.3. The molecule has 3 heteroatoms. The molecule has 2 nitrogen and oxygen atoms in total. The Morgan fingerprint density at radius 1 is 1.19 bits per heavy atom. The lowest BCUT2D eigenvalue weighted by atomic mass is 10.1. The van der Waals surface area contributed by atoms with Crippen LogP contribution in [0.25, 0.3) is 0 Å². The normalized spacial score (nSPS) is 12.4. The molecule has 0 aliphatic rings. The number of benzene rings is 1. The molecule has 2 rings (SSSR count). The molecule has 0 spiro atoms. The van der Waals surface area contributed by atoms with Crippen LogP contribution in [-0.2, 0) is 6.42 Å². The molecule has 0 saturated carbocycles. The van der Waals surface area contributed by atoms with E-state index in [2.05, 4.69) is 57.1 Å². The maximum absolute atomic E-state index is 4.24. The molecular weight excluding hydrogens is 264 g/mol. The molecular formula is C13H13BrN2. The van der Waals surface area contributed by atoms with Crippen LogP contribution in [0.2, 0.25) is 0 Å². The van der Waals surface area contributed by atoms with Gasteiger partial charge in [0.25, 0.3) is 0 Å². The van der Waals surface area contributed by atoms with Crippen molar-refractivity contribution in [2.24, 2.45) is 0 Å². The molecule has 0 saturated heterocycles. The number of halogens is 1. The van der Waals surface area contributed by atoms with E-state index in [4.69, 9.17) is 0 Å². The van der Waals surface area contributed by atoms with Crippen molar-refractivity contribution in [3.8, 4) is 0 Å². The zero-order valence-corrected chi connectivity index (χ0v) is 10.7. The summed E-state index contributed by atoms with van der Waals surface area (Å²) in [5.74, 6) is 0.837. The molecule has 0 bridgehead atoms. The van der Waals surface area contributed by atoms with Crippen molar-refractivity contribution in [1.82, 2.24) is 9.97 Å². The quantitative estimate of drug-likeness (QED) is 0.803. The van der Waals surface area contributed by atoms with E-state index in [9.17, 15) is 0 Å². The summed E-state index contributed by atoms with van der Waals surface area (Å²) >= 11 is 3.62. The van der Waals surface area contributed by atoms with Gasteiger partial charge in [-0.05, 0) is 25.0 Å². The number of aromatic nitrogens is 2. The second-order valence-electron chi connectivity index (χ2n) is 3.77. The fraction of sp³-hybridized carbons (Fsp3) is 0.231. The van der Waals surface area contributed by atoms with Crippen molar-refractivity contribution in [2.45, 2.75) is 18.2 Å². The van der Waals surface area contributed by atoms with Gasteiger partial charge in [0, 0.05) is 12.4 Å². The minimum atomic E-state index is 0.176. The second-order valence-corrected chi connectivity index (χ2v) is 4.87. The molecule has 2 aromatic rings. The van der Waals surface area contributed by atoms with Crippen molar-refractivity contribution >= 4 is 15.9 Å². The SMILES string of the molecule is Cc1cccc(CC(Br)c2ncccn2)c1. The van der Waals surface area contributed by atoms with Crippen LogP contribution in [0.3, 0.4) is 0 Å². The lowest BCUT2D eigenvalue weighted by molar-refractivity contribution is 0.848. The van der Waals surface area contributed by atoms with Gasteiger partial charge in [-0.2, -0.15) is 0 Å². The van der Waals surface area contributed by atoms with E-state index in [-0.39, 0.29) is 4.83 Å². The van der Waals surface area contributed by atoms with Crippen molar-refractivity contribution < 1.29 is 0 Å². The third-order valence-corrected chi connectivity index (χ3v) is 3.10. The summed E-state index contributed by atoms with van der Waals surface area (Å²) in [6, 6.07) is 10.3. The molecule has 0 radical (unpaired) electrons. The highest BCUT2D eigenvalue weighted by molar-refractivity contribution is 9.09. The second kappa shape index (κ2) is 5.21. The van der Waals surface area contributed by atoms with E-state index in [0.29, 0.717) is 0 Å². The highest BCUT2D eigenvalue weighted by atomic mass is 79.9. The van der Waals surface area contributed by atoms with E-state index < -0.39 is 0 Å². The minimum Gasteiger partial charge on any atom is -0.240 e. The Labute approximate surface area is 104 Å². The maximum atomic E-state index is 4.24. The monoisotopic (exact) mass is 276 g/mol. The van der Waals surface area contributed by atoms with Gasteiger partial charge < -0.3 is 0 Å². The van der Waals surface area contributed by atoms with E-state index in [1.165, 1.54) is 11.1 Å². The van der Waals surface area contributed by atoms with Crippen LogP contribution < -0.4 is 0 Å². The molecule has 1 aromatic heterocycles. The zero-order valence-electron chi connectivity index (χ0n) is 9.10. The molecule has 0 amide bonds. The van der Waals surface area contributed by atoms with Gasteiger partial charge in [0.15, 0.2) is 0 Å². The summed E-state index contributed by atoms with van der Waals surface area (Å²) in [7, 11) is 0. The average molecular weight is 277 g/mol. The third kappa shape index (κ3) is 2.89. The van der Waals surface area contributed by atoms with Gasteiger partial charge in [0.1, 0.15) is 5.82 Å². The van der Waals surface area contributed by atoms with Crippen molar-refractivity contribution in [1.29, 1.82) is 0 Å². The first-order chi connectivity index (χ1) is 7.75. The Kier molecular flexibility index (Phi) is 3.67. The van der Waals surface area contributed by atoms with Gasteiger partial charge in [-0.25, -0.2) is 9.97 Å². The van der Waals surface area contributed by atoms with Crippen LogP contribution in [0.15, 0.2) is 42.7 Å². The number of hydrogen-bond donors (Lipinski definition) is 0. The predicted octanol–water partition coefficient (Wildman–Crippen LogP) is 3.46. The van der Waals surface area contributed by atoms with E-state index in [0.717, 1.165) is 12.2 Å². The number of nitrogens with zero attached hydrogens (tertiary/aromatic N) is 2. The van der Waals surface area contributed by atoms with Crippen molar-refractivity contribution in [3.63, 3.8) is 0 Å². The summed E-state index contributed by atoms with van der Waals surface area (Å²) in [6.45, 7) is 2.10. The van der Waals surface area contributed by atoms with E-state index >= 15 is 0 Å². The first-order valence-corrected chi connectivity index (χ1v) is 6.14. The highest BCUT2D eigenvalue weighted by Crippen LogP contribution is 2.23. The van der Waals surface area contributed by atoms with Gasteiger partial charge in [-0.15, -0.1) is 0 Å². The number of hydrogen-bond acceptors (Lipinski definition) is 2. The topological polar surface area (TPSA) is 25.8 Å². The average Bonchev–Trinajstić information content (AvgIpc) is 2.30. The molecule has 1 heterocycles. The molecule has 0 aliphatic carbocycles. The number of rotatable bonds is 3. The van der Waals surface area contributed by atoms with E-state index in [1.807, 2.05) is 6.07 Å². The Hall–Kier alpha value is -1.22. The molecule has 0 N–H and O–H groups in total. The van der Waals surface area contributed by atoms with Gasteiger partial charge in [-0.3, -0.25) is 0 Å². The predicted molar refractivity (Wildman–Crippen MR) is 68.6 cm³/mol. The van der Waals surface area contributed by atoms with E-state index in [1.54, 1.807) is 12.4 Å². The van der Waals surface area contributed by atoms with Gasteiger partial charge in [0.05, 0.1) is 4.83 Å². The Morgan fingerprint density at radius 3 is 2.62 bits per heavy atom. The number of alkyl halides is 1. The highest BCUT2D eigenvalue weighted by Gasteiger charge is 2.10. The molecule has 16 heavy (non-hydrogen) atoms. The first-order valence-electron chi connectivity index (χ1n) is 5.22. The number of aryl methyl sites for hydroxylation is 1. The Balaban J connectivity index is 2.11. The molecule has 1 aromatic carbocycles. The largest absolute Gasteiger partial charge is 0.240 e. The fourth-order valence-corrected chi connectivity index (χ4v) is 2.22. The molecule has 0 fully saturated rings. The van der Waals surface area contributed by atoms with Crippen LogP contribution in [0.1, 0.15) is 21.8 Å².